The van der Waals surface area contributed by atoms with Gasteiger partial charge in [0.05, 0.1) is 5.54 Å². The van der Waals surface area contributed by atoms with Crippen LogP contribution in [0.3, 0.4) is 0 Å². The predicted molar refractivity (Wildman–Crippen MR) is 59.6 cm³/mol. The van der Waals surface area contributed by atoms with Gasteiger partial charge in [0.25, 0.3) is 0 Å². The second-order valence-corrected chi connectivity index (χ2v) is 4.79. The lowest BCUT2D eigenvalue weighted by Gasteiger charge is -2.25. The molecule has 0 saturated carbocycles. The van der Waals surface area contributed by atoms with Crippen molar-refractivity contribution in [1.82, 2.24) is 5.32 Å². The number of terminal acetylenes is 1. The van der Waals surface area contributed by atoms with Crippen molar-refractivity contribution in [3.8, 4) is 12.3 Å². The van der Waals surface area contributed by atoms with Crippen molar-refractivity contribution in [2.45, 2.75) is 59.0 Å². The van der Waals surface area contributed by atoms with Gasteiger partial charge in [0.2, 0.25) is 0 Å². The highest BCUT2D eigenvalue weighted by atomic mass is 15.0. The Balaban J connectivity index is 3.76. The van der Waals surface area contributed by atoms with E-state index in [1.54, 1.807) is 0 Å². The van der Waals surface area contributed by atoms with Crippen LogP contribution in [0.4, 0.5) is 0 Å². The lowest BCUT2D eigenvalue weighted by molar-refractivity contribution is 0.381. The Morgan fingerprint density at radius 3 is 2.15 bits per heavy atom. The lowest BCUT2D eigenvalue weighted by atomic mass is 10.0. The Labute approximate surface area is 83.3 Å². The summed E-state index contributed by atoms with van der Waals surface area (Å²) in [6.45, 7) is 10.8. The van der Waals surface area contributed by atoms with E-state index in [-0.39, 0.29) is 5.54 Å². The highest BCUT2D eigenvalue weighted by Crippen LogP contribution is 2.09. The minimum atomic E-state index is -0.170. The molecule has 0 saturated heterocycles. The topological polar surface area (TPSA) is 12.0 Å². The van der Waals surface area contributed by atoms with Gasteiger partial charge in [0.15, 0.2) is 0 Å². The summed E-state index contributed by atoms with van der Waals surface area (Å²) in [5, 5.41) is 3.43. The molecule has 0 heterocycles. The summed E-state index contributed by atoms with van der Waals surface area (Å²) in [7, 11) is 0. The van der Waals surface area contributed by atoms with Crippen LogP contribution in [0.1, 0.15) is 47.5 Å². The summed E-state index contributed by atoms with van der Waals surface area (Å²) in [5.41, 5.74) is -0.170. The Hall–Kier alpha value is -0.480. The maximum atomic E-state index is 5.40. The quantitative estimate of drug-likeness (QED) is 0.643. The number of hydrogen-bond acceptors (Lipinski definition) is 1. The fourth-order valence-electron chi connectivity index (χ4n) is 1.31. The summed E-state index contributed by atoms with van der Waals surface area (Å²) >= 11 is 0. The minimum Gasteiger partial charge on any atom is -0.299 e. The third-order valence-corrected chi connectivity index (χ3v) is 2.15. The van der Waals surface area contributed by atoms with Gasteiger partial charge in [-0.05, 0) is 39.5 Å². The van der Waals surface area contributed by atoms with Crippen LogP contribution < -0.4 is 5.32 Å². The molecule has 0 aromatic heterocycles. The summed E-state index contributed by atoms with van der Waals surface area (Å²) in [6.07, 6.45) is 7.85. The van der Waals surface area contributed by atoms with Gasteiger partial charge in [-0.15, -0.1) is 6.42 Å². The van der Waals surface area contributed by atoms with Crippen molar-refractivity contribution >= 4 is 0 Å². The highest BCUT2D eigenvalue weighted by molar-refractivity contribution is 5.07. The molecule has 1 N–H and O–H groups in total. The lowest BCUT2D eigenvalue weighted by Crippen LogP contribution is -2.43. The van der Waals surface area contributed by atoms with Crippen LogP contribution in [-0.2, 0) is 0 Å². The summed E-state index contributed by atoms with van der Waals surface area (Å²) < 4.78 is 0. The van der Waals surface area contributed by atoms with Crippen LogP contribution >= 0.6 is 0 Å². The van der Waals surface area contributed by atoms with Crippen LogP contribution in [0, 0.1) is 18.3 Å². The molecule has 0 aromatic rings. The fraction of sp³-hybridized carbons (Fsp3) is 0.833. The molecule has 1 heteroatoms. The van der Waals surface area contributed by atoms with Crippen molar-refractivity contribution in [3.63, 3.8) is 0 Å². The molecule has 1 unspecified atom stereocenters. The smallest absolute Gasteiger partial charge is 0.0743 e. The molecular weight excluding hydrogens is 158 g/mol. The number of rotatable bonds is 5. The molecule has 1 nitrogen and oxygen atoms in total. The first-order valence-electron chi connectivity index (χ1n) is 5.13. The van der Waals surface area contributed by atoms with Gasteiger partial charge in [-0.2, -0.15) is 0 Å². The van der Waals surface area contributed by atoms with E-state index in [2.05, 4.69) is 32.0 Å². The zero-order valence-electron chi connectivity index (χ0n) is 9.65. The van der Waals surface area contributed by atoms with Gasteiger partial charge >= 0.3 is 0 Å². The van der Waals surface area contributed by atoms with E-state index in [1.807, 2.05) is 13.8 Å². The van der Waals surface area contributed by atoms with Crippen LogP contribution in [0.25, 0.3) is 0 Å². The third kappa shape index (κ3) is 6.66. The second-order valence-electron chi connectivity index (χ2n) is 4.79. The fourth-order valence-corrected chi connectivity index (χ4v) is 1.31. The molecule has 0 radical (unpaired) electrons. The highest BCUT2D eigenvalue weighted by Gasteiger charge is 2.16. The predicted octanol–water partition coefficient (Wildman–Crippen LogP) is 2.81. The molecule has 13 heavy (non-hydrogen) atoms. The van der Waals surface area contributed by atoms with Gasteiger partial charge < -0.3 is 0 Å². The van der Waals surface area contributed by atoms with Gasteiger partial charge in [-0.25, -0.2) is 0 Å². The van der Waals surface area contributed by atoms with Crippen molar-refractivity contribution in [3.05, 3.63) is 0 Å². The Bertz CT molecular complexity index is 174. The molecule has 1 atom stereocenters. The average molecular weight is 181 g/mol. The van der Waals surface area contributed by atoms with E-state index in [0.717, 1.165) is 5.92 Å². The molecule has 0 rings (SSSR count). The normalized spacial score (nSPS) is 14.2. The zero-order chi connectivity index (χ0) is 10.5. The Kier molecular flexibility index (Phi) is 5.10. The van der Waals surface area contributed by atoms with Crippen molar-refractivity contribution in [1.29, 1.82) is 0 Å². The van der Waals surface area contributed by atoms with Crippen LogP contribution in [-0.4, -0.2) is 11.6 Å². The third-order valence-electron chi connectivity index (χ3n) is 2.15. The van der Waals surface area contributed by atoms with Crippen molar-refractivity contribution in [2.75, 3.05) is 0 Å². The Morgan fingerprint density at radius 2 is 1.77 bits per heavy atom. The molecule has 0 aliphatic carbocycles. The standard InChI is InChI=1S/C12H23N/c1-7-12(5,6)13-11(4)9-8-10(2)3/h1,10-11,13H,8-9H2,2-6H3. The van der Waals surface area contributed by atoms with E-state index >= 15 is 0 Å². The molecule has 0 fully saturated rings. The van der Waals surface area contributed by atoms with Crippen LogP contribution in [0.2, 0.25) is 0 Å². The molecule has 0 aliphatic heterocycles. The van der Waals surface area contributed by atoms with E-state index in [0.29, 0.717) is 6.04 Å². The van der Waals surface area contributed by atoms with Gasteiger partial charge in [0.1, 0.15) is 0 Å². The van der Waals surface area contributed by atoms with Crippen molar-refractivity contribution < 1.29 is 0 Å². The molecule has 0 spiro atoms. The van der Waals surface area contributed by atoms with Crippen molar-refractivity contribution in [2.24, 2.45) is 5.92 Å². The molecule has 0 aromatic carbocycles. The van der Waals surface area contributed by atoms with E-state index in [1.165, 1.54) is 12.8 Å². The van der Waals surface area contributed by atoms with Gasteiger partial charge in [-0.1, -0.05) is 19.8 Å². The van der Waals surface area contributed by atoms with E-state index in [9.17, 15) is 0 Å². The molecule has 76 valence electrons. The van der Waals surface area contributed by atoms with Crippen LogP contribution in [0.15, 0.2) is 0 Å². The number of hydrogen-bond donors (Lipinski definition) is 1. The summed E-state index contributed by atoms with van der Waals surface area (Å²) in [5.74, 6) is 3.52. The second kappa shape index (κ2) is 5.29. The average Bonchev–Trinajstić information content (AvgIpc) is 2.00. The van der Waals surface area contributed by atoms with Gasteiger partial charge in [-0.3, -0.25) is 5.32 Å². The molecule has 0 bridgehead atoms. The maximum absolute atomic E-state index is 5.40. The monoisotopic (exact) mass is 181 g/mol. The van der Waals surface area contributed by atoms with E-state index < -0.39 is 0 Å². The summed E-state index contributed by atoms with van der Waals surface area (Å²) in [6, 6.07) is 0.508. The first-order chi connectivity index (χ1) is 5.87. The molecule has 0 amide bonds. The van der Waals surface area contributed by atoms with Gasteiger partial charge in [0, 0.05) is 6.04 Å². The van der Waals surface area contributed by atoms with E-state index in [4.69, 9.17) is 6.42 Å². The largest absolute Gasteiger partial charge is 0.299 e. The van der Waals surface area contributed by atoms with Crippen LogP contribution in [0.5, 0.6) is 0 Å². The molecular formula is C12H23N. The maximum Gasteiger partial charge on any atom is 0.0743 e. The number of nitrogens with one attached hydrogen (secondary N) is 1. The Morgan fingerprint density at radius 1 is 1.23 bits per heavy atom. The minimum absolute atomic E-state index is 0.170. The molecule has 0 aliphatic rings. The first-order valence-corrected chi connectivity index (χ1v) is 5.13. The summed E-state index contributed by atoms with van der Waals surface area (Å²) in [4.78, 5) is 0. The zero-order valence-corrected chi connectivity index (χ0v) is 9.65. The SMILES string of the molecule is C#CC(C)(C)NC(C)CCC(C)C. The first kappa shape index (κ1) is 12.5.